The van der Waals surface area contributed by atoms with Crippen molar-refractivity contribution in [1.82, 2.24) is 9.55 Å². The molecule has 3 aromatic rings. The van der Waals surface area contributed by atoms with E-state index in [-0.39, 0.29) is 31.0 Å². The van der Waals surface area contributed by atoms with Gasteiger partial charge in [0.05, 0.1) is 11.2 Å². The van der Waals surface area contributed by atoms with Crippen molar-refractivity contribution in [3.05, 3.63) is 68.5 Å². The molecule has 162 valence electrons. The third-order valence-electron chi connectivity index (χ3n) is 4.87. The highest BCUT2D eigenvalue weighted by atomic mass is 32.1. The average molecular weight is 440 g/mol. The Labute approximate surface area is 184 Å². The smallest absolute Gasteiger partial charge is 0.350 e. The number of nitrogens with zero attached hydrogens (tertiary/aromatic N) is 2. The van der Waals surface area contributed by atoms with Crippen LogP contribution in [0.4, 0.5) is 5.13 Å². The van der Waals surface area contributed by atoms with Crippen molar-refractivity contribution >= 4 is 39.2 Å². The number of nitrogens with one attached hydrogen (secondary N) is 1. The SMILES string of the molecule is C=CCOC(=O)c1sc(NC(=O)CCn2c(=O)cc(C)c3cc(C)cc(C)c32)nc1C. The molecule has 0 bridgehead atoms. The maximum Gasteiger partial charge on any atom is 0.350 e. The number of benzene rings is 1. The lowest BCUT2D eigenvalue weighted by molar-refractivity contribution is -0.116. The monoisotopic (exact) mass is 439 g/mol. The zero-order valence-electron chi connectivity index (χ0n) is 18.1. The Morgan fingerprint density at radius 2 is 1.94 bits per heavy atom. The molecule has 0 unspecified atom stereocenters. The van der Waals surface area contributed by atoms with Gasteiger partial charge in [-0.3, -0.25) is 9.59 Å². The van der Waals surface area contributed by atoms with Gasteiger partial charge in [0.2, 0.25) is 5.91 Å². The quantitative estimate of drug-likeness (QED) is 0.443. The second-order valence-electron chi connectivity index (χ2n) is 7.41. The van der Waals surface area contributed by atoms with E-state index in [0.29, 0.717) is 15.7 Å². The number of rotatable bonds is 7. The van der Waals surface area contributed by atoms with Gasteiger partial charge in [-0.15, -0.1) is 0 Å². The Morgan fingerprint density at radius 1 is 1.19 bits per heavy atom. The summed E-state index contributed by atoms with van der Waals surface area (Å²) in [4.78, 5) is 41.7. The van der Waals surface area contributed by atoms with E-state index in [1.165, 1.54) is 6.08 Å². The molecule has 0 atom stereocenters. The standard InChI is InChI=1S/C23H25N3O4S/c1-6-9-30-22(29)21-16(5)24-23(31-21)25-18(27)7-8-26-19(28)12-14(3)17-11-13(2)10-15(4)20(17)26/h6,10-12H,1,7-9H2,2-5H3,(H,24,25,27). The van der Waals surface area contributed by atoms with E-state index in [4.69, 9.17) is 4.74 Å². The molecule has 0 radical (unpaired) electrons. The van der Waals surface area contributed by atoms with Crippen molar-refractivity contribution in [2.75, 3.05) is 11.9 Å². The lowest BCUT2D eigenvalue weighted by Gasteiger charge is -2.15. The lowest BCUT2D eigenvalue weighted by Crippen LogP contribution is -2.24. The van der Waals surface area contributed by atoms with Crippen molar-refractivity contribution in [2.45, 2.75) is 40.7 Å². The van der Waals surface area contributed by atoms with E-state index in [1.54, 1.807) is 17.6 Å². The van der Waals surface area contributed by atoms with Gasteiger partial charge in [-0.25, -0.2) is 9.78 Å². The van der Waals surface area contributed by atoms with Gasteiger partial charge in [-0.05, 0) is 44.9 Å². The maximum absolute atomic E-state index is 12.6. The molecule has 8 heteroatoms. The van der Waals surface area contributed by atoms with Crippen molar-refractivity contribution in [3.63, 3.8) is 0 Å². The third kappa shape index (κ3) is 4.91. The largest absolute Gasteiger partial charge is 0.457 e. The van der Waals surface area contributed by atoms with Crippen molar-refractivity contribution in [2.24, 2.45) is 0 Å². The molecule has 3 rings (SSSR count). The summed E-state index contributed by atoms with van der Waals surface area (Å²) in [6.45, 7) is 11.4. The summed E-state index contributed by atoms with van der Waals surface area (Å²) in [5.41, 5.74) is 4.23. The molecule has 0 saturated heterocycles. The molecule has 1 N–H and O–H groups in total. The molecule has 1 amide bonds. The zero-order chi connectivity index (χ0) is 22.7. The number of ether oxygens (including phenoxy) is 1. The van der Waals surface area contributed by atoms with Crippen LogP contribution < -0.4 is 10.9 Å². The summed E-state index contributed by atoms with van der Waals surface area (Å²) in [6, 6.07) is 5.69. The first-order valence-corrected chi connectivity index (χ1v) is 10.7. The fourth-order valence-corrected chi connectivity index (χ4v) is 4.40. The minimum absolute atomic E-state index is 0.0975. The highest BCUT2D eigenvalue weighted by Gasteiger charge is 2.18. The Kier molecular flexibility index (Phi) is 6.70. The maximum atomic E-state index is 12.6. The van der Waals surface area contributed by atoms with Crippen LogP contribution in [0.25, 0.3) is 10.9 Å². The highest BCUT2D eigenvalue weighted by molar-refractivity contribution is 7.17. The number of esters is 1. The number of amides is 1. The first-order valence-electron chi connectivity index (χ1n) is 9.88. The first kappa shape index (κ1) is 22.4. The second kappa shape index (κ2) is 9.26. The highest BCUT2D eigenvalue weighted by Crippen LogP contribution is 2.24. The van der Waals surface area contributed by atoms with Crippen molar-refractivity contribution in [1.29, 1.82) is 0 Å². The number of anilines is 1. The summed E-state index contributed by atoms with van der Waals surface area (Å²) < 4.78 is 6.67. The van der Waals surface area contributed by atoms with Gasteiger partial charge in [0.15, 0.2) is 5.13 Å². The van der Waals surface area contributed by atoms with Crippen LogP contribution in [-0.4, -0.2) is 28.0 Å². The Balaban J connectivity index is 1.76. The topological polar surface area (TPSA) is 90.3 Å². The predicted molar refractivity (Wildman–Crippen MR) is 123 cm³/mol. The van der Waals surface area contributed by atoms with E-state index in [2.05, 4.69) is 22.9 Å². The van der Waals surface area contributed by atoms with Gasteiger partial charge in [-0.1, -0.05) is 35.6 Å². The summed E-state index contributed by atoms with van der Waals surface area (Å²) >= 11 is 1.06. The van der Waals surface area contributed by atoms with E-state index in [9.17, 15) is 14.4 Å². The summed E-state index contributed by atoms with van der Waals surface area (Å²) in [7, 11) is 0. The number of fused-ring (bicyclic) bond motifs is 1. The molecule has 0 aliphatic heterocycles. The van der Waals surface area contributed by atoms with Crippen molar-refractivity contribution < 1.29 is 14.3 Å². The van der Waals surface area contributed by atoms with Crippen LogP contribution in [0.5, 0.6) is 0 Å². The van der Waals surface area contributed by atoms with Gasteiger partial charge in [0.1, 0.15) is 11.5 Å². The Morgan fingerprint density at radius 3 is 2.65 bits per heavy atom. The second-order valence-corrected chi connectivity index (χ2v) is 8.41. The Bertz CT molecular complexity index is 1240. The van der Waals surface area contributed by atoms with Crippen LogP contribution in [0.15, 0.2) is 35.6 Å². The van der Waals surface area contributed by atoms with Gasteiger partial charge in [0.25, 0.3) is 5.56 Å². The molecule has 7 nitrogen and oxygen atoms in total. The summed E-state index contributed by atoms with van der Waals surface area (Å²) in [5, 5.41) is 4.04. The molecule has 2 aromatic heterocycles. The van der Waals surface area contributed by atoms with Crippen LogP contribution in [0, 0.1) is 27.7 Å². The average Bonchev–Trinajstić information content (AvgIpc) is 3.06. The summed E-state index contributed by atoms with van der Waals surface area (Å²) in [5.74, 6) is -0.788. The molecule has 1 aromatic carbocycles. The van der Waals surface area contributed by atoms with Gasteiger partial charge in [-0.2, -0.15) is 0 Å². The molecule has 31 heavy (non-hydrogen) atoms. The minimum Gasteiger partial charge on any atom is -0.457 e. The molecule has 0 saturated carbocycles. The molecule has 2 heterocycles. The normalized spacial score (nSPS) is 10.8. The predicted octanol–water partition coefficient (Wildman–Crippen LogP) is 4.06. The fraction of sp³-hybridized carbons (Fsp3) is 0.304. The number of carbonyl (C=O) groups excluding carboxylic acids is 2. The molecule has 0 spiro atoms. The number of aromatic nitrogens is 2. The number of pyridine rings is 1. The van der Waals surface area contributed by atoms with Crippen LogP contribution in [0.3, 0.4) is 0 Å². The van der Waals surface area contributed by atoms with E-state index in [0.717, 1.165) is 38.9 Å². The molecular formula is C23H25N3O4S. The molecular weight excluding hydrogens is 414 g/mol. The van der Waals surface area contributed by atoms with Gasteiger partial charge in [0, 0.05) is 24.4 Å². The zero-order valence-corrected chi connectivity index (χ0v) is 18.9. The minimum atomic E-state index is -0.501. The number of hydrogen-bond acceptors (Lipinski definition) is 6. The number of aryl methyl sites for hydroxylation is 5. The molecule has 0 aliphatic carbocycles. The van der Waals surface area contributed by atoms with Crippen LogP contribution in [-0.2, 0) is 16.1 Å². The Hall–Kier alpha value is -3.26. The fourth-order valence-electron chi connectivity index (χ4n) is 3.53. The number of carbonyl (C=O) groups is 2. The molecule has 0 fully saturated rings. The third-order valence-corrected chi connectivity index (χ3v) is 5.92. The number of hydrogen-bond donors (Lipinski definition) is 1. The van der Waals surface area contributed by atoms with E-state index < -0.39 is 5.97 Å². The summed E-state index contributed by atoms with van der Waals surface area (Å²) in [6.07, 6.45) is 1.58. The van der Waals surface area contributed by atoms with Crippen LogP contribution >= 0.6 is 11.3 Å². The lowest BCUT2D eigenvalue weighted by atomic mass is 10.0. The van der Waals surface area contributed by atoms with E-state index in [1.807, 2.05) is 26.8 Å². The van der Waals surface area contributed by atoms with Crippen molar-refractivity contribution in [3.8, 4) is 0 Å². The van der Waals surface area contributed by atoms with E-state index >= 15 is 0 Å². The van der Waals surface area contributed by atoms with Crippen LogP contribution in [0.1, 0.15) is 38.5 Å². The first-order chi connectivity index (χ1) is 14.7. The number of thiazole rings is 1. The van der Waals surface area contributed by atoms with Gasteiger partial charge < -0.3 is 14.6 Å². The van der Waals surface area contributed by atoms with Gasteiger partial charge >= 0.3 is 5.97 Å². The molecule has 0 aliphatic rings. The van der Waals surface area contributed by atoms with Crippen LogP contribution in [0.2, 0.25) is 0 Å².